The highest BCUT2D eigenvalue weighted by atomic mass is 16.1. The van der Waals surface area contributed by atoms with Gasteiger partial charge in [-0.3, -0.25) is 14.4 Å². The van der Waals surface area contributed by atoms with Crippen molar-refractivity contribution in [2.24, 2.45) is 12.8 Å². The molecule has 15 heavy (non-hydrogen) atoms. The maximum Gasteiger partial charge on any atom is 0.231 e. The van der Waals surface area contributed by atoms with Crippen molar-refractivity contribution < 1.29 is 4.79 Å². The highest BCUT2D eigenvalue weighted by Crippen LogP contribution is 2.06. The van der Waals surface area contributed by atoms with Gasteiger partial charge in [0.25, 0.3) is 0 Å². The molecule has 1 amide bonds. The molecule has 84 valence electrons. The van der Waals surface area contributed by atoms with E-state index in [0.717, 1.165) is 5.56 Å². The minimum absolute atomic E-state index is 0.284. The van der Waals surface area contributed by atoms with E-state index < -0.39 is 0 Å². The zero-order valence-electron chi connectivity index (χ0n) is 9.47. The average molecular weight is 210 g/mol. The van der Waals surface area contributed by atoms with Crippen molar-refractivity contribution in [3.05, 3.63) is 18.0 Å². The molecule has 0 radical (unpaired) electrons. The van der Waals surface area contributed by atoms with Gasteiger partial charge >= 0.3 is 0 Å². The van der Waals surface area contributed by atoms with Crippen molar-refractivity contribution in [1.82, 2.24) is 14.7 Å². The predicted molar refractivity (Wildman–Crippen MR) is 57.9 cm³/mol. The van der Waals surface area contributed by atoms with Crippen LogP contribution in [0.1, 0.15) is 19.4 Å². The minimum atomic E-state index is -0.299. The molecule has 1 aromatic heterocycles. The molecule has 0 bridgehead atoms. The number of hydrogen-bond donors (Lipinski definition) is 1. The molecule has 0 atom stereocenters. The maximum absolute atomic E-state index is 10.9. The smallest absolute Gasteiger partial charge is 0.231 e. The zero-order chi connectivity index (χ0) is 11.4. The molecular formula is C10H18N4O. The molecule has 5 nitrogen and oxygen atoms in total. The first-order valence-electron chi connectivity index (χ1n) is 4.99. The Kier molecular flexibility index (Phi) is 3.85. The molecule has 0 unspecified atom stereocenters. The second-order valence-corrected chi connectivity index (χ2v) is 3.99. The van der Waals surface area contributed by atoms with E-state index in [1.807, 2.05) is 32.0 Å². The number of primary amides is 1. The van der Waals surface area contributed by atoms with Crippen LogP contribution in [0.5, 0.6) is 0 Å². The van der Waals surface area contributed by atoms with E-state index in [4.69, 9.17) is 5.73 Å². The topological polar surface area (TPSA) is 64.2 Å². The molecule has 0 aliphatic rings. The second-order valence-electron chi connectivity index (χ2n) is 3.99. The Morgan fingerprint density at radius 1 is 1.67 bits per heavy atom. The van der Waals surface area contributed by atoms with E-state index in [1.54, 1.807) is 10.9 Å². The highest BCUT2D eigenvalue weighted by molar-refractivity contribution is 5.75. The van der Waals surface area contributed by atoms with Gasteiger partial charge in [-0.2, -0.15) is 5.10 Å². The molecule has 1 rings (SSSR count). The summed E-state index contributed by atoms with van der Waals surface area (Å²) in [6.45, 7) is 5.07. The van der Waals surface area contributed by atoms with E-state index in [1.165, 1.54) is 0 Å². The summed E-state index contributed by atoms with van der Waals surface area (Å²) < 4.78 is 1.75. The number of hydrogen-bond acceptors (Lipinski definition) is 3. The molecule has 1 heterocycles. The molecule has 5 heteroatoms. The summed E-state index contributed by atoms with van der Waals surface area (Å²) in [7, 11) is 1.87. The number of aryl methyl sites for hydroxylation is 1. The molecule has 2 N–H and O–H groups in total. The summed E-state index contributed by atoms with van der Waals surface area (Å²) in [5, 5.41) is 4.08. The summed E-state index contributed by atoms with van der Waals surface area (Å²) in [5.74, 6) is -0.299. The predicted octanol–water partition coefficient (Wildman–Crippen LogP) is 0.116. The minimum Gasteiger partial charge on any atom is -0.369 e. The average Bonchev–Trinajstić information content (AvgIpc) is 2.49. The van der Waals surface area contributed by atoms with E-state index in [-0.39, 0.29) is 18.5 Å². The SMILES string of the molecule is CC(C)N(CC(N)=O)Cc1cnn(C)c1. The summed E-state index contributed by atoms with van der Waals surface area (Å²) in [6.07, 6.45) is 3.74. The van der Waals surface area contributed by atoms with Crippen LogP contribution in [0.3, 0.4) is 0 Å². The van der Waals surface area contributed by atoms with Crippen molar-refractivity contribution in [3.8, 4) is 0 Å². The Balaban J connectivity index is 2.62. The van der Waals surface area contributed by atoms with Crippen molar-refractivity contribution in [1.29, 1.82) is 0 Å². The van der Waals surface area contributed by atoms with Crippen molar-refractivity contribution in [3.63, 3.8) is 0 Å². The number of carbonyl (C=O) groups is 1. The van der Waals surface area contributed by atoms with Gasteiger partial charge in [-0.05, 0) is 13.8 Å². The lowest BCUT2D eigenvalue weighted by Gasteiger charge is -2.24. The first-order valence-corrected chi connectivity index (χ1v) is 4.99. The van der Waals surface area contributed by atoms with E-state index in [0.29, 0.717) is 6.54 Å². The Hall–Kier alpha value is -1.36. The van der Waals surface area contributed by atoms with Gasteiger partial charge < -0.3 is 5.73 Å². The van der Waals surface area contributed by atoms with Crippen LogP contribution in [0.2, 0.25) is 0 Å². The van der Waals surface area contributed by atoms with Crippen molar-refractivity contribution in [2.45, 2.75) is 26.4 Å². The Bertz CT molecular complexity index is 332. The molecule has 0 fully saturated rings. The van der Waals surface area contributed by atoms with Crippen LogP contribution < -0.4 is 5.73 Å². The summed E-state index contributed by atoms with van der Waals surface area (Å²) in [4.78, 5) is 12.9. The quantitative estimate of drug-likeness (QED) is 0.750. The molecule has 0 spiro atoms. The molecule has 0 aliphatic carbocycles. The van der Waals surface area contributed by atoms with Gasteiger partial charge in [-0.1, -0.05) is 0 Å². The number of carbonyl (C=O) groups excluding carboxylic acids is 1. The lowest BCUT2D eigenvalue weighted by Crippen LogP contribution is -2.37. The van der Waals surface area contributed by atoms with Crippen LogP contribution in [0.25, 0.3) is 0 Å². The Morgan fingerprint density at radius 3 is 2.73 bits per heavy atom. The van der Waals surface area contributed by atoms with Crippen LogP contribution in [-0.4, -0.2) is 33.2 Å². The van der Waals surface area contributed by atoms with Crippen molar-refractivity contribution >= 4 is 5.91 Å². The summed E-state index contributed by atoms with van der Waals surface area (Å²) in [6, 6.07) is 0.290. The van der Waals surface area contributed by atoms with Gasteiger partial charge in [0.2, 0.25) is 5.91 Å². The molecule has 0 aromatic carbocycles. The third-order valence-corrected chi connectivity index (χ3v) is 2.23. The van der Waals surface area contributed by atoms with Crippen molar-refractivity contribution in [2.75, 3.05) is 6.54 Å². The van der Waals surface area contributed by atoms with E-state index >= 15 is 0 Å². The van der Waals surface area contributed by atoms with Gasteiger partial charge in [0.1, 0.15) is 0 Å². The van der Waals surface area contributed by atoms with E-state index in [9.17, 15) is 4.79 Å². The fourth-order valence-corrected chi connectivity index (χ4v) is 1.41. The fraction of sp³-hybridized carbons (Fsp3) is 0.600. The summed E-state index contributed by atoms with van der Waals surface area (Å²) in [5.41, 5.74) is 6.28. The Morgan fingerprint density at radius 2 is 2.33 bits per heavy atom. The van der Waals surface area contributed by atoms with Gasteiger partial charge in [0, 0.05) is 31.4 Å². The lowest BCUT2D eigenvalue weighted by molar-refractivity contribution is -0.119. The van der Waals surface area contributed by atoms with E-state index in [2.05, 4.69) is 5.10 Å². The third kappa shape index (κ3) is 3.71. The van der Waals surface area contributed by atoms with Crippen LogP contribution in [0, 0.1) is 0 Å². The molecule has 0 aliphatic heterocycles. The maximum atomic E-state index is 10.9. The standard InChI is InChI=1S/C10H18N4O/c1-8(2)14(7-10(11)15)6-9-4-12-13(3)5-9/h4-5,8H,6-7H2,1-3H3,(H2,11,15). The number of aromatic nitrogens is 2. The zero-order valence-corrected chi connectivity index (χ0v) is 9.47. The fourth-order valence-electron chi connectivity index (χ4n) is 1.41. The number of nitrogens with zero attached hydrogens (tertiary/aromatic N) is 3. The Labute approximate surface area is 89.9 Å². The third-order valence-electron chi connectivity index (χ3n) is 2.23. The lowest BCUT2D eigenvalue weighted by atomic mass is 10.2. The van der Waals surface area contributed by atoms with Crippen LogP contribution in [-0.2, 0) is 18.4 Å². The number of amides is 1. The highest BCUT2D eigenvalue weighted by Gasteiger charge is 2.13. The van der Waals surface area contributed by atoms with Gasteiger partial charge in [0.15, 0.2) is 0 Å². The molecule has 0 saturated carbocycles. The van der Waals surface area contributed by atoms with Gasteiger partial charge in [-0.25, -0.2) is 0 Å². The van der Waals surface area contributed by atoms with Crippen LogP contribution in [0.15, 0.2) is 12.4 Å². The van der Waals surface area contributed by atoms with Crippen LogP contribution >= 0.6 is 0 Å². The normalized spacial score (nSPS) is 11.3. The number of nitrogens with two attached hydrogens (primary N) is 1. The molecular weight excluding hydrogens is 192 g/mol. The molecule has 0 saturated heterocycles. The first kappa shape index (κ1) is 11.7. The van der Waals surface area contributed by atoms with Gasteiger partial charge in [0.05, 0.1) is 12.7 Å². The monoisotopic (exact) mass is 210 g/mol. The first-order chi connectivity index (χ1) is 6.99. The second kappa shape index (κ2) is 4.93. The van der Waals surface area contributed by atoms with Gasteiger partial charge in [-0.15, -0.1) is 0 Å². The largest absolute Gasteiger partial charge is 0.369 e. The molecule has 1 aromatic rings. The number of rotatable bonds is 5. The van der Waals surface area contributed by atoms with Crippen LogP contribution in [0.4, 0.5) is 0 Å². The summed E-state index contributed by atoms with van der Waals surface area (Å²) >= 11 is 0.